The average Bonchev–Trinajstić information content (AvgIpc) is 1.96. The van der Waals surface area contributed by atoms with E-state index in [2.05, 4.69) is 31.9 Å². The zero-order valence-electron chi connectivity index (χ0n) is 5.78. The molecule has 0 heterocycles. The number of rotatable bonds is 2. The van der Waals surface area contributed by atoms with Gasteiger partial charge in [0.2, 0.25) is 0 Å². The van der Waals surface area contributed by atoms with Gasteiger partial charge in [0.1, 0.15) is 0 Å². The van der Waals surface area contributed by atoms with Gasteiger partial charge in [0, 0.05) is 9.65 Å². The SMILES string of the molecule is O=C(O)[C@@H]1[C@@H](Br)[C@@H](Br)[C@@H]1C(=O)O. The van der Waals surface area contributed by atoms with Gasteiger partial charge in [-0.1, -0.05) is 31.9 Å². The third-order valence-electron chi connectivity index (χ3n) is 1.95. The third kappa shape index (κ3) is 1.37. The Bertz CT molecular complexity index is 206. The Balaban J connectivity index is 2.75. The molecule has 0 aromatic carbocycles. The first-order valence-corrected chi connectivity index (χ1v) is 5.03. The van der Waals surface area contributed by atoms with Crippen LogP contribution in [0.25, 0.3) is 0 Å². The standard InChI is InChI=1S/C6H6Br2O4/c7-3-1(5(9)10)2(4(3)8)6(11)12/h1-4H,(H,9,10)(H,11,12)/t1-,2+,3+,4-. The van der Waals surface area contributed by atoms with Crippen LogP contribution in [0, 0.1) is 11.8 Å². The average molecular weight is 302 g/mol. The van der Waals surface area contributed by atoms with Crippen molar-refractivity contribution in [3.63, 3.8) is 0 Å². The predicted octanol–water partition coefficient (Wildman–Crippen LogP) is 0.929. The molecule has 12 heavy (non-hydrogen) atoms. The number of carboxylic acids is 2. The molecule has 1 rings (SSSR count). The van der Waals surface area contributed by atoms with Crippen LogP contribution >= 0.6 is 31.9 Å². The Labute approximate surface area is 85.2 Å². The fraction of sp³-hybridized carbons (Fsp3) is 0.667. The lowest BCUT2D eigenvalue weighted by Crippen LogP contribution is -2.56. The third-order valence-corrected chi connectivity index (χ3v) is 4.94. The molecular weight excluding hydrogens is 296 g/mol. The second kappa shape index (κ2) is 3.33. The number of halogens is 2. The molecule has 1 fully saturated rings. The van der Waals surface area contributed by atoms with Gasteiger partial charge in [0.05, 0.1) is 11.8 Å². The van der Waals surface area contributed by atoms with E-state index < -0.39 is 23.8 Å². The van der Waals surface area contributed by atoms with Crippen molar-refractivity contribution in [2.24, 2.45) is 11.8 Å². The Kier molecular flexibility index (Phi) is 2.77. The second-order valence-electron chi connectivity index (χ2n) is 2.62. The van der Waals surface area contributed by atoms with Crippen molar-refractivity contribution >= 4 is 43.8 Å². The molecule has 0 saturated heterocycles. The van der Waals surface area contributed by atoms with E-state index in [0.717, 1.165) is 0 Å². The molecule has 1 saturated carbocycles. The minimum absolute atomic E-state index is 0.295. The van der Waals surface area contributed by atoms with Crippen LogP contribution < -0.4 is 0 Å². The van der Waals surface area contributed by atoms with Crippen LogP contribution in [0.15, 0.2) is 0 Å². The Hall–Kier alpha value is -0.100. The highest BCUT2D eigenvalue weighted by Crippen LogP contribution is 2.45. The summed E-state index contributed by atoms with van der Waals surface area (Å²) in [7, 11) is 0. The number of carbonyl (C=O) groups is 2. The normalized spacial score (nSPS) is 40.2. The van der Waals surface area contributed by atoms with Crippen LogP contribution in [0.4, 0.5) is 0 Å². The summed E-state index contributed by atoms with van der Waals surface area (Å²) < 4.78 is 0. The van der Waals surface area contributed by atoms with Crippen LogP contribution in [0.1, 0.15) is 0 Å². The summed E-state index contributed by atoms with van der Waals surface area (Å²) in [6.07, 6.45) is 0. The molecule has 0 amide bonds. The highest BCUT2D eigenvalue weighted by atomic mass is 79.9. The van der Waals surface area contributed by atoms with Gasteiger partial charge in [-0.25, -0.2) is 0 Å². The van der Waals surface area contributed by atoms with Crippen LogP contribution in [-0.4, -0.2) is 31.8 Å². The van der Waals surface area contributed by atoms with E-state index in [9.17, 15) is 9.59 Å². The van der Waals surface area contributed by atoms with E-state index in [0.29, 0.717) is 0 Å². The van der Waals surface area contributed by atoms with Crippen molar-refractivity contribution < 1.29 is 19.8 Å². The molecule has 2 N–H and O–H groups in total. The molecule has 4 atom stereocenters. The van der Waals surface area contributed by atoms with Gasteiger partial charge in [0.15, 0.2) is 0 Å². The summed E-state index contributed by atoms with van der Waals surface area (Å²) in [5, 5.41) is 17.3. The van der Waals surface area contributed by atoms with Crippen LogP contribution in [0.5, 0.6) is 0 Å². The van der Waals surface area contributed by atoms with Gasteiger partial charge >= 0.3 is 11.9 Å². The molecule has 0 spiro atoms. The summed E-state index contributed by atoms with van der Waals surface area (Å²) in [6.45, 7) is 0. The Morgan fingerprint density at radius 2 is 1.17 bits per heavy atom. The highest BCUT2D eigenvalue weighted by molar-refractivity contribution is 9.12. The maximum atomic E-state index is 10.5. The lowest BCUT2D eigenvalue weighted by atomic mass is 9.73. The summed E-state index contributed by atoms with van der Waals surface area (Å²) >= 11 is 6.22. The molecule has 68 valence electrons. The van der Waals surface area contributed by atoms with E-state index in [1.54, 1.807) is 0 Å². The predicted molar refractivity (Wildman–Crippen MR) is 47.7 cm³/mol. The molecule has 0 radical (unpaired) electrons. The minimum Gasteiger partial charge on any atom is -0.481 e. The first kappa shape index (κ1) is 9.98. The molecule has 0 bridgehead atoms. The van der Waals surface area contributed by atoms with Crippen molar-refractivity contribution in [1.29, 1.82) is 0 Å². The van der Waals surface area contributed by atoms with Crippen molar-refractivity contribution in [2.75, 3.05) is 0 Å². The number of hydrogen-bond acceptors (Lipinski definition) is 2. The number of alkyl halides is 2. The molecular formula is C6H6Br2O4. The topological polar surface area (TPSA) is 74.6 Å². The fourth-order valence-electron chi connectivity index (χ4n) is 1.23. The molecule has 4 nitrogen and oxygen atoms in total. The van der Waals surface area contributed by atoms with Gasteiger partial charge in [-0.3, -0.25) is 9.59 Å². The molecule has 1 aliphatic rings. The van der Waals surface area contributed by atoms with E-state index in [1.807, 2.05) is 0 Å². The second-order valence-corrected chi connectivity index (χ2v) is 4.73. The van der Waals surface area contributed by atoms with Gasteiger partial charge in [-0.15, -0.1) is 0 Å². The zero-order chi connectivity index (χ0) is 9.46. The summed E-state index contributed by atoms with van der Waals surface area (Å²) in [5.74, 6) is -3.79. The van der Waals surface area contributed by atoms with Gasteiger partial charge in [-0.2, -0.15) is 0 Å². The number of hydrogen-bond donors (Lipinski definition) is 2. The summed E-state index contributed by atoms with van der Waals surface area (Å²) in [6, 6.07) is 0. The number of carboxylic acid groups (broad SMARTS) is 2. The van der Waals surface area contributed by atoms with E-state index in [4.69, 9.17) is 10.2 Å². The lowest BCUT2D eigenvalue weighted by Gasteiger charge is -2.41. The van der Waals surface area contributed by atoms with Gasteiger partial charge in [-0.05, 0) is 0 Å². The Morgan fingerprint density at radius 1 is 0.917 bits per heavy atom. The Morgan fingerprint density at radius 3 is 1.33 bits per heavy atom. The summed E-state index contributed by atoms with van der Waals surface area (Å²) in [4.78, 5) is 20.5. The molecule has 0 aromatic heterocycles. The van der Waals surface area contributed by atoms with Crippen molar-refractivity contribution in [1.82, 2.24) is 0 Å². The van der Waals surface area contributed by atoms with Crippen molar-refractivity contribution in [3.8, 4) is 0 Å². The van der Waals surface area contributed by atoms with Gasteiger partial charge < -0.3 is 10.2 Å². The quantitative estimate of drug-likeness (QED) is 0.744. The van der Waals surface area contributed by atoms with Crippen molar-refractivity contribution in [3.05, 3.63) is 0 Å². The molecule has 0 unspecified atom stereocenters. The molecule has 0 aromatic rings. The molecule has 6 heteroatoms. The first-order valence-electron chi connectivity index (χ1n) is 3.20. The molecule has 1 aliphatic carbocycles. The summed E-state index contributed by atoms with van der Waals surface area (Å²) in [5.41, 5.74) is 0. The zero-order valence-corrected chi connectivity index (χ0v) is 8.95. The van der Waals surface area contributed by atoms with Crippen LogP contribution in [0.3, 0.4) is 0 Å². The monoisotopic (exact) mass is 300 g/mol. The van der Waals surface area contributed by atoms with Crippen LogP contribution in [-0.2, 0) is 9.59 Å². The fourth-order valence-corrected chi connectivity index (χ4v) is 2.99. The highest BCUT2D eigenvalue weighted by Gasteiger charge is 2.55. The van der Waals surface area contributed by atoms with E-state index >= 15 is 0 Å². The van der Waals surface area contributed by atoms with Gasteiger partial charge in [0.25, 0.3) is 0 Å². The van der Waals surface area contributed by atoms with E-state index in [-0.39, 0.29) is 9.65 Å². The van der Waals surface area contributed by atoms with Crippen molar-refractivity contribution in [2.45, 2.75) is 9.65 Å². The largest absolute Gasteiger partial charge is 0.481 e. The first-order chi connectivity index (χ1) is 5.46. The lowest BCUT2D eigenvalue weighted by molar-refractivity contribution is -0.158. The maximum Gasteiger partial charge on any atom is 0.308 e. The van der Waals surface area contributed by atoms with E-state index in [1.165, 1.54) is 0 Å². The maximum absolute atomic E-state index is 10.5. The minimum atomic E-state index is -1.07. The smallest absolute Gasteiger partial charge is 0.308 e. The van der Waals surface area contributed by atoms with Crippen LogP contribution in [0.2, 0.25) is 0 Å². The number of aliphatic carboxylic acids is 2. The molecule has 0 aliphatic heterocycles.